The Morgan fingerprint density at radius 1 is 1.25 bits per heavy atom. The maximum Gasteiger partial charge on any atom is 0.194 e. The summed E-state index contributed by atoms with van der Waals surface area (Å²) in [5, 5.41) is 10.0. The molecular formula is C11H13BrO3S. The van der Waals surface area contributed by atoms with Gasteiger partial charge in [-0.25, -0.2) is 8.42 Å². The van der Waals surface area contributed by atoms with E-state index < -0.39 is 19.6 Å². The van der Waals surface area contributed by atoms with Gasteiger partial charge in [0, 0.05) is 0 Å². The van der Waals surface area contributed by atoms with E-state index in [0.717, 1.165) is 6.42 Å². The van der Waals surface area contributed by atoms with E-state index in [1.165, 1.54) is 0 Å². The number of benzene rings is 1. The van der Waals surface area contributed by atoms with Crippen LogP contribution in [0.5, 0.6) is 0 Å². The summed E-state index contributed by atoms with van der Waals surface area (Å²) in [4.78, 5) is 0.247. The molecule has 0 aliphatic heterocycles. The van der Waals surface area contributed by atoms with Crippen LogP contribution in [-0.4, -0.2) is 23.3 Å². The molecule has 0 heterocycles. The Kier molecular flexibility index (Phi) is 3.11. The van der Waals surface area contributed by atoms with Crippen LogP contribution in [0.3, 0.4) is 0 Å². The molecule has 88 valence electrons. The Hall–Kier alpha value is -0.390. The van der Waals surface area contributed by atoms with Crippen molar-refractivity contribution < 1.29 is 13.5 Å². The van der Waals surface area contributed by atoms with Gasteiger partial charge >= 0.3 is 0 Å². The molecule has 1 aliphatic carbocycles. The summed E-state index contributed by atoms with van der Waals surface area (Å²) >= 11 is 3.13. The van der Waals surface area contributed by atoms with Gasteiger partial charge in [-0.3, -0.25) is 0 Å². The molecule has 3 nitrogen and oxygen atoms in total. The van der Waals surface area contributed by atoms with Gasteiger partial charge in [0.05, 0.1) is 10.5 Å². The van der Waals surface area contributed by atoms with Crippen LogP contribution < -0.4 is 0 Å². The highest BCUT2D eigenvalue weighted by atomic mass is 79.9. The maximum absolute atomic E-state index is 12.2. The van der Waals surface area contributed by atoms with Gasteiger partial charge in [-0.15, -0.1) is 0 Å². The average molecular weight is 305 g/mol. The van der Waals surface area contributed by atoms with Crippen molar-refractivity contribution >= 4 is 25.8 Å². The molecule has 1 saturated carbocycles. The largest absolute Gasteiger partial charge is 0.388 e. The van der Waals surface area contributed by atoms with Crippen LogP contribution >= 0.6 is 15.9 Å². The van der Waals surface area contributed by atoms with Gasteiger partial charge in [0.2, 0.25) is 0 Å². The van der Waals surface area contributed by atoms with Gasteiger partial charge in [-0.1, -0.05) is 34.1 Å². The molecule has 1 atom stereocenters. The Labute approximate surface area is 104 Å². The third-order valence-corrected chi connectivity index (χ3v) is 7.23. The summed E-state index contributed by atoms with van der Waals surface area (Å²) in [6.07, 6.45) is 1.95. The fourth-order valence-corrected chi connectivity index (χ4v) is 4.48. The second-order valence-corrected chi connectivity index (χ2v) is 7.69. The van der Waals surface area contributed by atoms with Crippen LogP contribution in [0.15, 0.2) is 35.2 Å². The molecule has 0 spiro atoms. The highest BCUT2D eigenvalue weighted by Crippen LogP contribution is 2.42. The minimum atomic E-state index is -3.49. The molecule has 0 amide bonds. The van der Waals surface area contributed by atoms with Crippen LogP contribution in [0.1, 0.15) is 19.3 Å². The third-order valence-electron chi connectivity index (χ3n) is 2.99. The quantitative estimate of drug-likeness (QED) is 0.870. The number of hydrogen-bond donors (Lipinski definition) is 1. The first-order valence-corrected chi connectivity index (χ1v) is 7.58. The minimum absolute atomic E-state index is 0.247. The average Bonchev–Trinajstić information content (AvgIpc) is 2.26. The predicted molar refractivity (Wildman–Crippen MR) is 65.1 cm³/mol. The van der Waals surface area contributed by atoms with E-state index in [-0.39, 0.29) is 4.90 Å². The molecular weight excluding hydrogens is 292 g/mol. The molecule has 16 heavy (non-hydrogen) atoms. The van der Waals surface area contributed by atoms with Crippen LogP contribution in [-0.2, 0) is 9.84 Å². The summed E-state index contributed by atoms with van der Waals surface area (Å²) < 4.78 is 23.4. The van der Waals surface area contributed by atoms with Crippen LogP contribution in [0.4, 0.5) is 0 Å². The molecule has 1 aromatic rings. The van der Waals surface area contributed by atoms with E-state index in [9.17, 15) is 13.5 Å². The summed E-state index contributed by atoms with van der Waals surface area (Å²) in [5.41, 5.74) is -1.10. The van der Waals surface area contributed by atoms with Crippen molar-refractivity contribution in [3.63, 3.8) is 0 Å². The Morgan fingerprint density at radius 3 is 2.25 bits per heavy atom. The summed E-state index contributed by atoms with van der Waals surface area (Å²) in [5.74, 6) is 0. The zero-order chi connectivity index (χ0) is 11.8. The molecule has 0 saturated heterocycles. The number of aliphatic hydroxyl groups is 1. The molecule has 2 rings (SSSR count). The molecule has 1 N–H and O–H groups in total. The molecule has 0 radical (unpaired) electrons. The lowest BCUT2D eigenvalue weighted by atomic mass is 9.82. The molecule has 1 fully saturated rings. The second kappa shape index (κ2) is 4.13. The minimum Gasteiger partial charge on any atom is -0.388 e. The van der Waals surface area contributed by atoms with Crippen LogP contribution in [0, 0.1) is 0 Å². The van der Waals surface area contributed by atoms with E-state index in [4.69, 9.17) is 0 Å². The van der Waals surface area contributed by atoms with Gasteiger partial charge in [-0.05, 0) is 31.4 Å². The highest BCUT2D eigenvalue weighted by molar-refractivity contribution is 9.11. The summed E-state index contributed by atoms with van der Waals surface area (Å²) in [6.45, 7) is 0. The van der Waals surface area contributed by atoms with Crippen molar-refractivity contribution in [1.82, 2.24) is 0 Å². The molecule has 1 aromatic carbocycles. The Balaban J connectivity index is 2.33. The van der Waals surface area contributed by atoms with Gasteiger partial charge in [0.25, 0.3) is 0 Å². The number of alkyl halides is 1. The van der Waals surface area contributed by atoms with E-state index in [1.807, 2.05) is 0 Å². The Morgan fingerprint density at radius 2 is 1.81 bits per heavy atom. The van der Waals surface area contributed by atoms with Crippen molar-refractivity contribution in [3.05, 3.63) is 30.3 Å². The molecule has 5 heteroatoms. The van der Waals surface area contributed by atoms with Crippen molar-refractivity contribution in [2.24, 2.45) is 0 Å². The van der Waals surface area contributed by atoms with Crippen molar-refractivity contribution in [2.75, 3.05) is 0 Å². The summed E-state index contributed by atoms with van der Waals surface area (Å²) in [7, 11) is -3.49. The Bertz CT molecular complexity index is 465. The molecule has 0 bridgehead atoms. The van der Waals surface area contributed by atoms with Crippen LogP contribution in [0.25, 0.3) is 0 Å². The number of halogens is 1. The lowest BCUT2D eigenvalue weighted by molar-refractivity contribution is -0.0174. The lowest BCUT2D eigenvalue weighted by Crippen LogP contribution is -2.48. The fourth-order valence-electron chi connectivity index (χ4n) is 1.78. The van der Waals surface area contributed by atoms with E-state index in [0.29, 0.717) is 12.8 Å². The topological polar surface area (TPSA) is 54.4 Å². The maximum atomic E-state index is 12.2. The van der Waals surface area contributed by atoms with Gasteiger partial charge < -0.3 is 5.11 Å². The van der Waals surface area contributed by atoms with E-state index >= 15 is 0 Å². The van der Waals surface area contributed by atoms with Gasteiger partial charge in [-0.2, -0.15) is 0 Å². The van der Waals surface area contributed by atoms with E-state index in [1.54, 1.807) is 30.3 Å². The standard InChI is InChI=1S/C11H13BrO3S/c12-10(11(13)7-4-8-11)16(14,15)9-5-2-1-3-6-9/h1-3,5-6,10,13H,4,7-8H2. The van der Waals surface area contributed by atoms with Crippen molar-refractivity contribution in [3.8, 4) is 0 Å². The van der Waals surface area contributed by atoms with Crippen molar-refractivity contribution in [1.29, 1.82) is 0 Å². The van der Waals surface area contributed by atoms with Crippen LogP contribution in [0.2, 0.25) is 0 Å². The first kappa shape index (κ1) is 12.1. The highest BCUT2D eigenvalue weighted by Gasteiger charge is 2.47. The fraction of sp³-hybridized carbons (Fsp3) is 0.455. The van der Waals surface area contributed by atoms with Crippen molar-refractivity contribution in [2.45, 2.75) is 33.9 Å². The lowest BCUT2D eigenvalue weighted by Gasteiger charge is -2.39. The number of rotatable bonds is 3. The zero-order valence-electron chi connectivity index (χ0n) is 8.64. The third kappa shape index (κ3) is 1.92. The molecule has 1 aliphatic rings. The van der Waals surface area contributed by atoms with Gasteiger partial charge in [0.15, 0.2) is 9.84 Å². The van der Waals surface area contributed by atoms with Gasteiger partial charge in [0.1, 0.15) is 4.16 Å². The first-order valence-electron chi connectivity index (χ1n) is 5.12. The SMILES string of the molecule is O=S(=O)(c1ccccc1)C(Br)C1(O)CCC1. The number of sulfone groups is 1. The molecule has 1 unspecified atom stereocenters. The summed E-state index contributed by atoms with van der Waals surface area (Å²) in [6, 6.07) is 8.21. The normalized spacial score (nSPS) is 21.1. The second-order valence-electron chi connectivity index (χ2n) is 4.13. The monoisotopic (exact) mass is 304 g/mol. The molecule has 0 aromatic heterocycles. The predicted octanol–water partition coefficient (Wildman–Crippen LogP) is 2.10. The zero-order valence-corrected chi connectivity index (χ0v) is 11.0. The van der Waals surface area contributed by atoms with E-state index in [2.05, 4.69) is 15.9 Å². The smallest absolute Gasteiger partial charge is 0.194 e. The first-order chi connectivity index (χ1) is 7.47. The number of hydrogen-bond acceptors (Lipinski definition) is 3.